The van der Waals surface area contributed by atoms with Crippen molar-refractivity contribution in [3.05, 3.63) is 51.0 Å². The van der Waals surface area contributed by atoms with E-state index in [-0.39, 0.29) is 5.82 Å². The molecule has 0 amide bonds. The van der Waals surface area contributed by atoms with Crippen molar-refractivity contribution < 1.29 is 17.6 Å². The minimum Gasteiger partial charge on any atom is -0.293 e. The van der Waals surface area contributed by atoms with Crippen molar-refractivity contribution in [2.24, 2.45) is 7.05 Å². The van der Waals surface area contributed by atoms with E-state index in [1.165, 1.54) is 23.9 Å². The van der Waals surface area contributed by atoms with Crippen molar-refractivity contribution in [3.63, 3.8) is 0 Å². The second-order valence-electron chi connectivity index (χ2n) is 5.63. The first kappa shape index (κ1) is 16.4. The van der Waals surface area contributed by atoms with Gasteiger partial charge in [0, 0.05) is 31.2 Å². The second kappa shape index (κ2) is 5.90. The number of hydrogen-bond acceptors (Lipinski definition) is 2. The maximum atomic E-state index is 13.5. The van der Waals surface area contributed by atoms with Crippen LogP contribution in [0.15, 0.2) is 22.7 Å². The predicted octanol–water partition coefficient (Wildman–Crippen LogP) is 3.90. The highest BCUT2D eigenvalue weighted by Gasteiger charge is 2.34. The summed E-state index contributed by atoms with van der Waals surface area (Å²) in [5.41, 5.74) is 1.52. The van der Waals surface area contributed by atoms with Gasteiger partial charge in [-0.25, -0.2) is 4.39 Å². The maximum absolute atomic E-state index is 13.5. The van der Waals surface area contributed by atoms with Gasteiger partial charge in [0.1, 0.15) is 5.82 Å². The van der Waals surface area contributed by atoms with Crippen molar-refractivity contribution in [1.82, 2.24) is 14.7 Å². The fourth-order valence-electron chi connectivity index (χ4n) is 2.82. The molecule has 0 N–H and O–H groups in total. The van der Waals surface area contributed by atoms with Crippen LogP contribution in [0.5, 0.6) is 0 Å². The number of rotatable bonds is 2. The molecule has 0 saturated carbocycles. The van der Waals surface area contributed by atoms with E-state index in [1.54, 1.807) is 0 Å². The molecule has 1 aliphatic rings. The molecule has 1 aliphatic heterocycles. The minimum atomic E-state index is -4.45. The molecule has 1 aromatic carbocycles. The molecule has 0 aliphatic carbocycles. The van der Waals surface area contributed by atoms with Crippen molar-refractivity contribution >= 4 is 15.9 Å². The summed E-state index contributed by atoms with van der Waals surface area (Å²) >= 11 is 3.36. The van der Waals surface area contributed by atoms with Gasteiger partial charge in [0.2, 0.25) is 0 Å². The van der Waals surface area contributed by atoms with E-state index in [4.69, 9.17) is 0 Å². The number of nitrogens with zero attached hydrogens (tertiary/aromatic N) is 3. The summed E-state index contributed by atoms with van der Waals surface area (Å²) in [6.07, 6.45) is -3.72. The standard InChI is InChI=1S/C15H14BrF4N3/c1-22-11(6-14(21-22)15(18,19)20)8-23-3-2-12-9(7-23)4-10(17)5-13(12)16/h4-6H,2-3,7-8H2,1H3. The Kier molecular flexibility index (Phi) is 4.22. The molecule has 1 aromatic heterocycles. The van der Waals surface area contributed by atoms with Gasteiger partial charge in [-0.05, 0) is 35.7 Å². The fraction of sp³-hybridized carbons (Fsp3) is 0.400. The van der Waals surface area contributed by atoms with E-state index in [0.29, 0.717) is 25.3 Å². The van der Waals surface area contributed by atoms with Crippen molar-refractivity contribution in [2.75, 3.05) is 6.54 Å². The third-order valence-electron chi connectivity index (χ3n) is 3.98. The normalized spacial score (nSPS) is 15.7. The average molecular weight is 392 g/mol. The number of benzene rings is 1. The monoisotopic (exact) mass is 391 g/mol. The highest BCUT2D eigenvalue weighted by Crippen LogP contribution is 2.30. The largest absolute Gasteiger partial charge is 0.435 e. The Morgan fingerprint density at radius 3 is 2.65 bits per heavy atom. The topological polar surface area (TPSA) is 21.1 Å². The SMILES string of the molecule is Cn1nc(C(F)(F)F)cc1CN1CCc2c(Br)cc(F)cc2C1. The molecule has 0 fully saturated rings. The third-order valence-corrected chi connectivity index (χ3v) is 4.68. The van der Waals surface area contributed by atoms with Crippen LogP contribution in [0.1, 0.15) is 22.5 Å². The molecule has 0 saturated heterocycles. The quantitative estimate of drug-likeness (QED) is 0.723. The van der Waals surface area contributed by atoms with Crippen LogP contribution < -0.4 is 0 Å². The molecule has 124 valence electrons. The maximum Gasteiger partial charge on any atom is 0.435 e. The Bertz CT molecular complexity index is 739. The van der Waals surface area contributed by atoms with Crippen LogP contribution in [0.2, 0.25) is 0 Å². The van der Waals surface area contributed by atoms with Gasteiger partial charge in [-0.1, -0.05) is 15.9 Å². The Morgan fingerprint density at radius 2 is 2.00 bits per heavy atom. The first-order valence-corrected chi connectivity index (χ1v) is 7.82. The van der Waals surface area contributed by atoms with Gasteiger partial charge < -0.3 is 0 Å². The molecule has 2 heterocycles. The van der Waals surface area contributed by atoms with Crippen molar-refractivity contribution in [3.8, 4) is 0 Å². The first-order valence-electron chi connectivity index (χ1n) is 7.03. The third kappa shape index (κ3) is 3.42. The number of aromatic nitrogens is 2. The lowest BCUT2D eigenvalue weighted by Crippen LogP contribution is -2.31. The lowest BCUT2D eigenvalue weighted by atomic mass is 9.99. The fourth-order valence-corrected chi connectivity index (χ4v) is 3.50. The van der Waals surface area contributed by atoms with Crippen LogP contribution in [0.3, 0.4) is 0 Å². The molecule has 2 aromatic rings. The van der Waals surface area contributed by atoms with Crippen molar-refractivity contribution in [2.45, 2.75) is 25.7 Å². The highest BCUT2D eigenvalue weighted by molar-refractivity contribution is 9.10. The van der Waals surface area contributed by atoms with E-state index < -0.39 is 11.9 Å². The van der Waals surface area contributed by atoms with Crippen molar-refractivity contribution in [1.29, 1.82) is 0 Å². The summed E-state index contributed by atoms with van der Waals surface area (Å²) in [5, 5.41) is 3.52. The molecule has 0 unspecified atom stereocenters. The molecular formula is C15H14BrF4N3. The van der Waals surface area contributed by atoms with E-state index >= 15 is 0 Å². The lowest BCUT2D eigenvalue weighted by molar-refractivity contribution is -0.141. The molecular weight excluding hydrogens is 378 g/mol. The molecule has 0 bridgehead atoms. The molecule has 3 rings (SSSR count). The molecule has 0 spiro atoms. The highest BCUT2D eigenvalue weighted by atomic mass is 79.9. The van der Waals surface area contributed by atoms with Gasteiger partial charge >= 0.3 is 6.18 Å². The summed E-state index contributed by atoms with van der Waals surface area (Å²) in [7, 11) is 1.50. The van der Waals surface area contributed by atoms with E-state index in [9.17, 15) is 17.6 Å². The minimum absolute atomic E-state index is 0.322. The number of fused-ring (bicyclic) bond motifs is 1. The van der Waals surface area contributed by atoms with Gasteiger partial charge in [0.15, 0.2) is 5.69 Å². The molecule has 0 radical (unpaired) electrons. The van der Waals surface area contributed by atoms with E-state index in [2.05, 4.69) is 21.0 Å². The van der Waals surface area contributed by atoms with Crippen LogP contribution in [-0.2, 0) is 32.7 Å². The number of alkyl halides is 3. The predicted molar refractivity (Wildman–Crippen MR) is 80.1 cm³/mol. The van der Waals surface area contributed by atoms with E-state index in [0.717, 1.165) is 28.1 Å². The number of hydrogen-bond donors (Lipinski definition) is 0. The second-order valence-corrected chi connectivity index (χ2v) is 6.48. The lowest BCUT2D eigenvalue weighted by Gasteiger charge is -2.29. The van der Waals surface area contributed by atoms with Crippen LogP contribution in [-0.4, -0.2) is 21.2 Å². The van der Waals surface area contributed by atoms with Crippen LogP contribution in [0, 0.1) is 5.82 Å². The van der Waals surface area contributed by atoms with Gasteiger partial charge in [0.25, 0.3) is 0 Å². The van der Waals surface area contributed by atoms with Gasteiger partial charge in [0.05, 0.1) is 5.69 Å². The van der Waals surface area contributed by atoms with Crippen LogP contribution in [0.4, 0.5) is 17.6 Å². The number of halogens is 5. The first-order chi connectivity index (χ1) is 10.7. The summed E-state index contributed by atoms with van der Waals surface area (Å²) in [6.45, 7) is 1.54. The molecule has 8 heteroatoms. The number of aryl methyl sites for hydroxylation is 1. The van der Waals surface area contributed by atoms with Crippen LogP contribution in [0.25, 0.3) is 0 Å². The molecule has 0 atom stereocenters. The Morgan fingerprint density at radius 1 is 1.26 bits per heavy atom. The van der Waals surface area contributed by atoms with E-state index in [1.807, 2.05) is 4.90 Å². The Balaban J connectivity index is 1.79. The van der Waals surface area contributed by atoms with Gasteiger partial charge in [-0.15, -0.1) is 0 Å². The summed E-state index contributed by atoms with van der Waals surface area (Å²) in [6, 6.07) is 3.98. The summed E-state index contributed by atoms with van der Waals surface area (Å²) in [4.78, 5) is 1.99. The van der Waals surface area contributed by atoms with Gasteiger partial charge in [-0.3, -0.25) is 9.58 Å². The average Bonchev–Trinajstić information content (AvgIpc) is 2.79. The summed E-state index contributed by atoms with van der Waals surface area (Å²) in [5.74, 6) is -0.322. The zero-order valence-corrected chi connectivity index (χ0v) is 13.9. The summed E-state index contributed by atoms with van der Waals surface area (Å²) < 4.78 is 53.6. The van der Waals surface area contributed by atoms with Crippen LogP contribution >= 0.6 is 15.9 Å². The zero-order valence-electron chi connectivity index (χ0n) is 12.3. The Hall–Kier alpha value is -1.41. The smallest absolute Gasteiger partial charge is 0.293 e. The van der Waals surface area contributed by atoms with Gasteiger partial charge in [-0.2, -0.15) is 18.3 Å². The Labute approximate surface area is 139 Å². The molecule has 23 heavy (non-hydrogen) atoms. The molecule has 3 nitrogen and oxygen atoms in total. The zero-order chi connectivity index (χ0) is 16.8.